The predicted octanol–water partition coefficient (Wildman–Crippen LogP) is 3.35. The van der Waals surface area contributed by atoms with Crippen molar-refractivity contribution in [3.05, 3.63) is 63.9 Å². The number of oxazole rings is 1. The summed E-state index contributed by atoms with van der Waals surface area (Å²) in [5.41, 5.74) is 1.80. The number of aromatic nitrogens is 3. The summed E-state index contributed by atoms with van der Waals surface area (Å²) in [6.07, 6.45) is 0. The molecule has 4 rings (SSSR count). The highest BCUT2D eigenvalue weighted by Gasteiger charge is 2.14. The van der Waals surface area contributed by atoms with Gasteiger partial charge in [-0.25, -0.2) is 4.79 Å². The van der Waals surface area contributed by atoms with Crippen molar-refractivity contribution in [1.82, 2.24) is 14.7 Å². The zero-order chi connectivity index (χ0) is 17.4. The van der Waals surface area contributed by atoms with Gasteiger partial charge in [-0.15, -0.1) is 0 Å². The van der Waals surface area contributed by atoms with Crippen molar-refractivity contribution in [2.45, 2.75) is 6.54 Å². The van der Waals surface area contributed by atoms with Crippen molar-refractivity contribution in [3.63, 3.8) is 0 Å². The average Bonchev–Trinajstić information content (AvgIpc) is 3.20. The monoisotopic (exact) mass is 357 g/mol. The first kappa shape index (κ1) is 15.5. The van der Waals surface area contributed by atoms with E-state index in [4.69, 9.17) is 25.3 Å². The average molecular weight is 358 g/mol. The summed E-state index contributed by atoms with van der Waals surface area (Å²) in [5, 5.41) is 4.45. The molecule has 0 saturated carbocycles. The summed E-state index contributed by atoms with van der Waals surface area (Å²) in [4.78, 5) is 16.4. The molecule has 0 spiro atoms. The SMILES string of the molecule is COc1ccc(-c2noc(Cn3c(=O)oc4cc(Cl)ccc43)n2)cc1. The van der Waals surface area contributed by atoms with Gasteiger partial charge in [-0.05, 0) is 36.4 Å². The van der Waals surface area contributed by atoms with Crippen LogP contribution < -0.4 is 10.5 Å². The van der Waals surface area contributed by atoms with Crippen LogP contribution >= 0.6 is 11.6 Å². The fourth-order valence-electron chi connectivity index (χ4n) is 2.50. The van der Waals surface area contributed by atoms with Crippen LogP contribution in [0.3, 0.4) is 0 Å². The van der Waals surface area contributed by atoms with E-state index in [0.717, 1.165) is 11.3 Å². The number of benzene rings is 2. The van der Waals surface area contributed by atoms with Crippen molar-refractivity contribution in [1.29, 1.82) is 0 Å². The standard InChI is InChI=1S/C17H12ClN3O4/c1-23-12-5-2-10(3-6-12)16-19-15(25-20-16)9-21-13-7-4-11(18)8-14(13)24-17(21)22/h2-8H,9H2,1H3. The molecule has 8 heteroatoms. The maximum atomic E-state index is 12.1. The summed E-state index contributed by atoms with van der Waals surface area (Å²) in [6, 6.07) is 12.3. The molecule has 2 aromatic heterocycles. The van der Waals surface area contributed by atoms with E-state index < -0.39 is 5.76 Å². The Hall–Kier alpha value is -3.06. The molecular weight excluding hydrogens is 346 g/mol. The Kier molecular flexibility index (Phi) is 3.77. The molecule has 0 saturated heterocycles. The van der Waals surface area contributed by atoms with Crippen LogP contribution in [0.4, 0.5) is 0 Å². The van der Waals surface area contributed by atoms with E-state index >= 15 is 0 Å². The van der Waals surface area contributed by atoms with Crippen molar-refractivity contribution in [2.24, 2.45) is 0 Å². The van der Waals surface area contributed by atoms with Crippen LogP contribution in [-0.4, -0.2) is 21.8 Å². The quantitative estimate of drug-likeness (QED) is 0.557. The third-order valence-electron chi connectivity index (χ3n) is 3.74. The summed E-state index contributed by atoms with van der Waals surface area (Å²) in [6.45, 7) is 0.108. The zero-order valence-corrected chi connectivity index (χ0v) is 13.9. The molecule has 0 aliphatic carbocycles. The molecule has 0 aliphatic rings. The van der Waals surface area contributed by atoms with Crippen LogP contribution in [0.5, 0.6) is 5.75 Å². The predicted molar refractivity (Wildman–Crippen MR) is 90.9 cm³/mol. The first-order valence-corrected chi connectivity index (χ1v) is 7.78. The Morgan fingerprint density at radius 2 is 2.00 bits per heavy atom. The number of methoxy groups -OCH3 is 1. The highest BCUT2D eigenvalue weighted by Crippen LogP contribution is 2.21. The number of fused-ring (bicyclic) bond motifs is 1. The summed E-state index contributed by atoms with van der Waals surface area (Å²) >= 11 is 5.91. The van der Waals surface area contributed by atoms with Gasteiger partial charge in [-0.2, -0.15) is 4.98 Å². The van der Waals surface area contributed by atoms with Crippen LogP contribution in [0.1, 0.15) is 5.89 Å². The second-order valence-electron chi connectivity index (χ2n) is 5.31. The molecule has 0 aliphatic heterocycles. The van der Waals surface area contributed by atoms with Gasteiger partial charge in [0.1, 0.15) is 12.3 Å². The summed E-state index contributed by atoms with van der Waals surface area (Å²) in [7, 11) is 1.60. The van der Waals surface area contributed by atoms with E-state index in [-0.39, 0.29) is 6.54 Å². The maximum Gasteiger partial charge on any atom is 0.420 e. The van der Waals surface area contributed by atoms with Gasteiger partial charge in [-0.3, -0.25) is 4.57 Å². The van der Waals surface area contributed by atoms with Crippen LogP contribution in [0, 0.1) is 0 Å². The fraction of sp³-hybridized carbons (Fsp3) is 0.118. The molecule has 2 heterocycles. The first-order valence-electron chi connectivity index (χ1n) is 7.40. The van der Waals surface area contributed by atoms with Crippen LogP contribution in [-0.2, 0) is 6.54 Å². The Labute approximate surface area is 146 Å². The number of nitrogens with zero attached hydrogens (tertiary/aromatic N) is 3. The molecule has 25 heavy (non-hydrogen) atoms. The minimum absolute atomic E-state index is 0.108. The number of ether oxygens (including phenoxy) is 1. The molecule has 0 atom stereocenters. The van der Waals surface area contributed by atoms with Gasteiger partial charge >= 0.3 is 5.76 Å². The molecule has 7 nitrogen and oxygen atoms in total. The van der Waals surface area contributed by atoms with E-state index in [1.54, 1.807) is 25.3 Å². The van der Waals surface area contributed by atoms with Gasteiger partial charge in [0.05, 0.1) is 12.6 Å². The topological polar surface area (TPSA) is 83.3 Å². The van der Waals surface area contributed by atoms with Crippen molar-refractivity contribution < 1.29 is 13.7 Å². The Morgan fingerprint density at radius 3 is 2.76 bits per heavy atom. The molecule has 0 unspecified atom stereocenters. The molecule has 4 aromatic rings. The largest absolute Gasteiger partial charge is 0.497 e. The Balaban J connectivity index is 1.65. The number of halogens is 1. The van der Waals surface area contributed by atoms with Gasteiger partial charge < -0.3 is 13.7 Å². The maximum absolute atomic E-state index is 12.1. The second kappa shape index (κ2) is 6.10. The molecule has 0 bridgehead atoms. The summed E-state index contributed by atoms with van der Waals surface area (Å²) in [5.74, 6) is 0.955. The second-order valence-corrected chi connectivity index (χ2v) is 5.74. The minimum Gasteiger partial charge on any atom is -0.497 e. The lowest BCUT2D eigenvalue weighted by molar-refractivity contribution is 0.367. The highest BCUT2D eigenvalue weighted by molar-refractivity contribution is 6.31. The molecular formula is C17H12ClN3O4. The molecule has 0 N–H and O–H groups in total. The van der Waals surface area contributed by atoms with E-state index in [0.29, 0.717) is 27.8 Å². The number of hydrogen-bond acceptors (Lipinski definition) is 6. The van der Waals surface area contributed by atoms with Gasteiger partial charge in [0.2, 0.25) is 11.7 Å². The lowest BCUT2D eigenvalue weighted by Gasteiger charge is -1.99. The number of hydrogen-bond donors (Lipinski definition) is 0. The van der Waals surface area contributed by atoms with Gasteiger partial charge in [0.15, 0.2) is 5.58 Å². The normalized spacial score (nSPS) is 11.1. The highest BCUT2D eigenvalue weighted by atomic mass is 35.5. The lowest BCUT2D eigenvalue weighted by atomic mass is 10.2. The van der Waals surface area contributed by atoms with Gasteiger partial charge in [0.25, 0.3) is 0 Å². The first-order chi connectivity index (χ1) is 12.1. The Bertz CT molecular complexity index is 1100. The van der Waals surface area contributed by atoms with Crippen LogP contribution in [0.25, 0.3) is 22.5 Å². The van der Waals surface area contributed by atoms with Gasteiger partial charge in [-0.1, -0.05) is 16.8 Å². The molecule has 2 aromatic carbocycles. The third kappa shape index (κ3) is 2.89. The van der Waals surface area contributed by atoms with Crippen LogP contribution in [0.15, 0.2) is 56.2 Å². The third-order valence-corrected chi connectivity index (χ3v) is 3.98. The fourth-order valence-corrected chi connectivity index (χ4v) is 2.66. The molecule has 126 valence electrons. The molecule has 0 amide bonds. The van der Waals surface area contributed by atoms with E-state index in [9.17, 15) is 4.79 Å². The Morgan fingerprint density at radius 1 is 1.20 bits per heavy atom. The van der Waals surface area contributed by atoms with E-state index in [1.807, 2.05) is 24.3 Å². The van der Waals surface area contributed by atoms with Gasteiger partial charge in [0, 0.05) is 16.7 Å². The smallest absolute Gasteiger partial charge is 0.420 e. The van der Waals surface area contributed by atoms with Crippen molar-refractivity contribution in [2.75, 3.05) is 7.11 Å². The van der Waals surface area contributed by atoms with Crippen LogP contribution in [0.2, 0.25) is 5.02 Å². The molecule has 0 fully saturated rings. The zero-order valence-electron chi connectivity index (χ0n) is 13.1. The van der Waals surface area contributed by atoms with E-state index in [2.05, 4.69) is 10.1 Å². The van der Waals surface area contributed by atoms with E-state index in [1.165, 1.54) is 4.57 Å². The minimum atomic E-state index is -0.513. The lowest BCUT2D eigenvalue weighted by Crippen LogP contribution is -2.15. The number of rotatable bonds is 4. The molecule has 0 radical (unpaired) electrons. The van der Waals surface area contributed by atoms with Crippen molar-refractivity contribution in [3.8, 4) is 17.1 Å². The summed E-state index contributed by atoms with van der Waals surface area (Å²) < 4.78 is 17.0. The van der Waals surface area contributed by atoms with Crippen molar-refractivity contribution >= 4 is 22.7 Å².